The maximum atomic E-state index is 12.0. The molecule has 0 fully saturated rings. The Balaban J connectivity index is 1.95. The van der Waals surface area contributed by atoms with Gasteiger partial charge in [-0.05, 0) is 36.5 Å². The summed E-state index contributed by atoms with van der Waals surface area (Å²) in [6.45, 7) is 6.09. The highest BCUT2D eigenvalue weighted by Gasteiger charge is 2.10. The number of anilines is 1. The summed E-state index contributed by atoms with van der Waals surface area (Å²) >= 11 is 1.32. The molecule has 0 aliphatic heterocycles. The van der Waals surface area contributed by atoms with Crippen molar-refractivity contribution in [2.75, 3.05) is 5.32 Å². The SMILES string of the molecule is Cc1nc(NC(=O)/C=C/c2ccc(C(C)C)cc2)sc1CCC(=O)O. The fourth-order valence-corrected chi connectivity index (χ4v) is 3.21. The molecule has 0 radical (unpaired) electrons. The number of carbonyl (C=O) groups is 2. The smallest absolute Gasteiger partial charge is 0.303 e. The molecule has 2 rings (SSSR count). The molecule has 2 N–H and O–H groups in total. The topological polar surface area (TPSA) is 79.3 Å². The van der Waals surface area contributed by atoms with E-state index < -0.39 is 5.97 Å². The van der Waals surface area contributed by atoms with Gasteiger partial charge in [-0.1, -0.05) is 38.1 Å². The average molecular weight is 358 g/mol. The number of hydrogen-bond acceptors (Lipinski definition) is 4. The van der Waals surface area contributed by atoms with Crippen molar-refractivity contribution < 1.29 is 14.7 Å². The molecular formula is C19H22N2O3S. The van der Waals surface area contributed by atoms with Crippen LogP contribution in [0.5, 0.6) is 0 Å². The monoisotopic (exact) mass is 358 g/mol. The van der Waals surface area contributed by atoms with E-state index in [-0.39, 0.29) is 12.3 Å². The third-order valence-electron chi connectivity index (χ3n) is 3.72. The number of carboxylic acids is 1. The van der Waals surface area contributed by atoms with Crippen molar-refractivity contribution in [3.8, 4) is 0 Å². The highest BCUT2D eigenvalue weighted by molar-refractivity contribution is 7.15. The van der Waals surface area contributed by atoms with Crippen LogP contribution in [0.1, 0.15) is 47.9 Å². The van der Waals surface area contributed by atoms with Crippen LogP contribution in [0.4, 0.5) is 5.13 Å². The zero-order valence-electron chi connectivity index (χ0n) is 14.6. The average Bonchev–Trinajstić information content (AvgIpc) is 2.90. The van der Waals surface area contributed by atoms with Gasteiger partial charge in [-0.2, -0.15) is 0 Å². The minimum Gasteiger partial charge on any atom is -0.481 e. The highest BCUT2D eigenvalue weighted by Crippen LogP contribution is 2.24. The van der Waals surface area contributed by atoms with E-state index >= 15 is 0 Å². The number of aryl methyl sites for hydroxylation is 2. The van der Waals surface area contributed by atoms with Gasteiger partial charge in [0.25, 0.3) is 0 Å². The van der Waals surface area contributed by atoms with Crippen molar-refractivity contribution in [2.24, 2.45) is 0 Å². The van der Waals surface area contributed by atoms with Gasteiger partial charge >= 0.3 is 5.97 Å². The molecule has 25 heavy (non-hydrogen) atoms. The maximum absolute atomic E-state index is 12.0. The van der Waals surface area contributed by atoms with E-state index in [4.69, 9.17) is 5.11 Å². The second kappa shape index (κ2) is 8.58. The molecule has 1 aromatic carbocycles. The summed E-state index contributed by atoms with van der Waals surface area (Å²) in [5.41, 5.74) is 2.97. The molecule has 6 heteroatoms. The van der Waals surface area contributed by atoms with Crippen LogP contribution in [0.2, 0.25) is 0 Å². The van der Waals surface area contributed by atoms with Crippen molar-refractivity contribution >= 4 is 34.4 Å². The Morgan fingerprint density at radius 2 is 1.96 bits per heavy atom. The van der Waals surface area contributed by atoms with E-state index in [0.29, 0.717) is 17.5 Å². The number of rotatable bonds is 7. The summed E-state index contributed by atoms with van der Waals surface area (Å²) in [6.07, 6.45) is 3.71. The van der Waals surface area contributed by atoms with Crippen molar-refractivity contribution in [1.82, 2.24) is 4.98 Å². The molecule has 132 valence electrons. The molecule has 0 saturated carbocycles. The second-order valence-corrected chi connectivity index (χ2v) is 7.15. The van der Waals surface area contributed by atoms with Crippen molar-refractivity contribution in [1.29, 1.82) is 0 Å². The number of hydrogen-bond donors (Lipinski definition) is 2. The molecule has 5 nitrogen and oxygen atoms in total. The Bertz CT molecular complexity index is 776. The molecule has 0 spiro atoms. The van der Waals surface area contributed by atoms with Gasteiger partial charge in [0, 0.05) is 11.0 Å². The first-order valence-corrected chi connectivity index (χ1v) is 8.94. The fourth-order valence-electron chi connectivity index (χ4n) is 2.24. The van der Waals surface area contributed by atoms with Crippen LogP contribution in [0, 0.1) is 6.92 Å². The molecule has 2 aromatic rings. The van der Waals surface area contributed by atoms with E-state index in [1.165, 1.54) is 23.0 Å². The van der Waals surface area contributed by atoms with Gasteiger partial charge in [-0.3, -0.25) is 14.9 Å². The van der Waals surface area contributed by atoms with Crippen LogP contribution in [0.3, 0.4) is 0 Å². The normalized spacial score (nSPS) is 11.2. The first-order chi connectivity index (χ1) is 11.8. The quantitative estimate of drug-likeness (QED) is 0.726. The van der Waals surface area contributed by atoms with Crippen LogP contribution >= 0.6 is 11.3 Å². The molecular weight excluding hydrogens is 336 g/mol. The van der Waals surface area contributed by atoms with Gasteiger partial charge in [0.1, 0.15) is 0 Å². The molecule has 0 atom stereocenters. The summed E-state index contributed by atoms with van der Waals surface area (Å²) in [5, 5.41) is 12.0. The van der Waals surface area contributed by atoms with Gasteiger partial charge in [0.05, 0.1) is 12.1 Å². The number of benzene rings is 1. The number of carbonyl (C=O) groups excluding carboxylic acids is 1. The third-order valence-corrected chi connectivity index (χ3v) is 4.85. The Morgan fingerprint density at radius 3 is 2.56 bits per heavy atom. The zero-order chi connectivity index (χ0) is 18.4. The minimum absolute atomic E-state index is 0.0582. The van der Waals surface area contributed by atoms with Crippen LogP contribution in [-0.4, -0.2) is 22.0 Å². The van der Waals surface area contributed by atoms with Gasteiger partial charge < -0.3 is 5.11 Å². The van der Waals surface area contributed by atoms with Crippen molar-refractivity contribution in [3.63, 3.8) is 0 Å². The summed E-state index contributed by atoms with van der Waals surface area (Å²) < 4.78 is 0. The van der Waals surface area contributed by atoms with Crippen LogP contribution in [0.15, 0.2) is 30.3 Å². The lowest BCUT2D eigenvalue weighted by Gasteiger charge is -2.04. The number of amides is 1. The van der Waals surface area contributed by atoms with E-state index in [0.717, 1.165) is 16.1 Å². The maximum Gasteiger partial charge on any atom is 0.303 e. The van der Waals surface area contributed by atoms with E-state index in [2.05, 4.69) is 36.3 Å². The van der Waals surface area contributed by atoms with E-state index in [9.17, 15) is 9.59 Å². The largest absolute Gasteiger partial charge is 0.481 e. The molecule has 0 unspecified atom stereocenters. The van der Waals surface area contributed by atoms with Crippen molar-refractivity contribution in [2.45, 2.75) is 39.5 Å². The number of thiazole rings is 1. The Hall–Kier alpha value is -2.47. The lowest BCUT2D eigenvalue weighted by molar-refractivity contribution is -0.136. The third kappa shape index (κ3) is 5.83. The van der Waals surface area contributed by atoms with Crippen molar-refractivity contribution in [3.05, 3.63) is 52.0 Å². The van der Waals surface area contributed by atoms with Crippen LogP contribution in [-0.2, 0) is 16.0 Å². The number of nitrogens with zero attached hydrogens (tertiary/aromatic N) is 1. The second-order valence-electron chi connectivity index (χ2n) is 6.07. The molecule has 1 amide bonds. The molecule has 0 bridgehead atoms. The summed E-state index contributed by atoms with van der Waals surface area (Å²) in [5.74, 6) is -0.624. The molecule has 0 saturated heterocycles. The zero-order valence-corrected chi connectivity index (χ0v) is 15.4. The molecule has 1 heterocycles. The van der Waals surface area contributed by atoms with Gasteiger partial charge in [-0.25, -0.2) is 4.98 Å². The van der Waals surface area contributed by atoms with Crippen LogP contribution < -0.4 is 5.32 Å². The first kappa shape index (κ1) is 18.9. The Morgan fingerprint density at radius 1 is 1.28 bits per heavy atom. The van der Waals surface area contributed by atoms with E-state index in [1.54, 1.807) is 6.08 Å². The minimum atomic E-state index is -0.843. The summed E-state index contributed by atoms with van der Waals surface area (Å²) in [6, 6.07) is 8.08. The summed E-state index contributed by atoms with van der Waals surface area (Å²) in [4.78, 5) is 27.8. The fraction of sp³-hybridized carbons (Fsp3) is 0.316. The molecule has 0 aliphatic rings. The van der Waals surface area contributed by atoms with Gasteiger partial charge in [0.15, 0.2) is 5.13 Å². The highest BCUT2D eigenvalue weighted by atomic mass is 32.1. The lowest BCUT2D eigenvalue weighted by atomic mass is 10.0. The van der Waals surface area contributed by atoms with Gasteiger partial charge in [-0.15, -0.1) is 11.3 Å². The number of carboxylic acid groups (broad SMARTS) is 1. The number of nitrogens with one attached hydrogen (secondary N) is 1. The Kier molecular flexibility index (Phi) is 6.47. The first-order valence-electron chi connectivity index (χ1n) is 8.12. The number of aliphatic carboxylic acids is 1. The lowest BCUT2D eigenvalue weighted by Crippen LogP contribution is -2.07. The molecule has 0 aliphatic carbocycles. The summed E-state index contributed by atoms with van der Waals surface area (Å²) in [7, 11) is 0. The molecule has 1 aromatic heterocycles. The van der Waals surface area contributed by atoms with E-state index in [1.807, 2.05) is 19.1 Å². The Labute approximate surface area is 151 Å². The predicted molar refractivity (Wildman–Crippen MR) is 101 cm³/mol. The standard InChI is InChI=1S/C19H22N2O3S/c1-12(2)15-7-4-14(5-8-15)6-10-17(22)21-19-20-13(3)16(25-19)9-11-18(23)24/h4-8,10,12H,9,11H2,1-3H3,(H,23,24)(H,20,21,22)/b10-6+. The van der Waals surface area contributed by atoms with Crippen LogP contribution in [0.25, 0.3) is 6.08 Å². The van der Waals surface area contributed by atoms with Gasteiger partial charge in [0.2, 0.25) is 5.91 Å². The predicted octanol–water partition coefficient (Wildman–Crippen LogP) is 4.24. The number of aromatic nitrogens is 1.